The van der Waals surface area contributed by atoms with Gasteiger partial charge in [-0.25, -0.2) is 4.79 Å². The van der Waals surface area contributed by atoms with E-state index in [0.717, 1.165) is 6.42 Å². The average Bonchev–Trinajstić information content (AvgIpc) is 2.02. The van der Waals surface area contributed by atoms with Crippen LogP contribution < -0.4 is 0 Å². The summed E-state index contributed by atoms with van der Waals surface area (Å²) in [6.45, 7) is 3.38. The second-order valence-corrected chi connectivity index (χ2v) is 3.09. The molecule has 0 aromatic carbocycles. The maximum absolute atomic E-state index is 10.7. The molecule has 2 unspecified atom stereocenters. The number of carbonyl (C=O) groups is 1. The second-order valence-electron chi connectivity index (χ2n) is 3.09. The molecule has 0 spiro atoms. The van der Waals surface area contributed by atoms with Crippen LogP contribution in [0.2, 0.25) is 0 Å². The Morgan fingerprint density at radius 3 is 2.42 bits per heavy atom. The van der Waals surface area contributed by atoms with Crippen molar-refractivity contribution in [3.05, 3.63) is 0 Å². The maximum Gasteiger partial charge on any atom is 0.344 e. The minimum Gasteiger partial charge on any atom is -0.393 e. The van der Waals surface area contributed by atoms with Gasteiger partial charge in [0.15, 0.2) is 0 Å². The van der Waals surface area contributed by atoms with Crippen molar-refractivity contribution < 1.29 is 20.0 Å². The first kappa shape index (κ1) is 11.4. The highest BCUT2D eigenvalue weighted by Crippen LogP contribution is 2.10. The zero-order valence-electron chi connectivity index (χ0n) is 7.49. The van der Waals surface area contributed by atoms with Crippen molar-refractivity contribution >= 4 is 5.97 Å². The first-order valence-electron chi connectivity index (χ1n) is 4.11. The van der Waals surface area contributed by atoms with Gasteiger partial charge in [-0.15, -0.1) is 0 Å². The van der Waals surface area contributed by atoms with Crippen molar-refractivity contribution in [2.45, 2.75) is 39.2 Å². The SMILES string of the molecule is CC(O)CCCC(C)C(=O)OO. The van der Waals surface area contributed by atoms with Crippen LogP contribution in [0.1, 0.15) is 33.1 Å². The Morgan fingerprint density at radius 2 is 2.00 bits per heavy atom. The van der Waals surface area contributed by atoms with Crippen LogP contribution in [0.25, 0.3) is 0 Å². The van der Waals surface area contributed by atoms with E-state index in [-0.39, 0.29) is 12.0 Å². The first-order chi connectivity index (χ1) is 5.57. The highest BCUT2D eigenvalue weighted by Gasteiger charge is 2.13. The van der Waals surface area contributed by atoms with Crippen LogP contribution in [0.3, 0.4) is 0 Å². The summed E-state index contributed by atoms with van der Waals surface area (Å²) in [4.78, 5) is 14.2. The smallest absolute Gasteiger partial charge is 0.344 e. The molecule has 0 radical (unpaired) electrons. The summed E-state index contributed by atoms with van der Waals surface area (Å²) in [5.74, 6) is -0.908. The van der Waals surface area contributed by atoms with E-state index in [0.29, 0.717) is 12.8 Å². The molecule has 4 heteroatoms. The predicted molar refractivity (Wildman–Crippen MR) is 43.4 cm³/mol. The van der Waals surface area contributed by atoms with Gasteiger partial charge < -0.3 is 9.99 Å². The Morgan fingerprint density at radius 1 is 1.42 bits per heavy atom. The molecule has 0 bridgehead atoms. The molecular weight excluding hydrogens is 160 g/mol. The van der Waals surface area contributed by atoms with Crippen molar-refractivity contribution in [3.8, 4) is 0 Å². The quantitative estimate of drug-likeness (QED) is 0.487. The summed E-state index contributed by atoms with van der Waals surface area (Å²) in [7, 11) is 0. The van der Waals surface area contributed by atoms with Crippen LogP contribution >= 0.6 is 0 Å². The van der Waals surface area contributed by atoms with Gasteiger partial charge in [-0.2, -0.15) is 5.26 Å². The van der Waals surface area contributed by atoms with Crippen molar-refractivity contribution in [2.75, 3.05) is 0 Å². The van der Waals surface area contributed by atoms with Gasteiger partial charge in [0.05, 0.1) is 12.0 Å². The number of hydrogen-bond donors (Lipinski definition) is 2. The third-order valence-electron chi connectivity index (χ3n) is 1.75. The van der Waals surface area contributed by atoms with E-state index in [1.165, 1.54) is 0 Å². The van der Waals surface area contributed by atoms with Gasteiger partial charge >= 0.3 is 5.97 Å². The normalized spacial score (nSPS) is 15.3. The van der Waals surface area contributed by atoms with Gasteiger partial charge in [0.25, 0.3) is 0 Å². The third kappa shape index (κ3) is 5.09. The fourth-order valence-corrected chi connectivity index (χ4v) is 0.927. The standard InChI is InChI=1S/C8H16O4/c1-6(8(10)12-11)4-3-5-7(2)9/h6-7,9,11H,3-5H2,1-2H3. The van der Waals surface area contributed by atoms with Gasteiger partial charge in [0, 0.05) is 0 Å². The van der Waals surface area contributed by atoms with Crippen LogP contribution in [0, 0.1) is 5.92 Å². The molecule has 2 N–H and O–H groups in total. The molecule has 0 aliphatic heterocycles. The number of rotatable bonds is 5. The summed E-state index contributed by atoms with van der Waals surface area (Å²) in [6.07, 6.45) is 1.73. The van der Waals surface area contributed by atoms with Gasteiger partial charge in [-0.1, -0.05) is 13.3 Å². The summed E-state index contributed by atoms with van der Waals surface area (Å²) in [5.41, 5.74) is 0. The van der Waals surface area contributed by atoms with Gasteiger partial charge in [-0.3, -0.25) is 0 Å². The lowest BCUT2D eigenvalue weighted by atomic mass is 10.0. The van der Waals surface area contributed by atoms with E-state index < -0.39 is 5.97 Å². The predicted octanol–water partition coefficient (Wildman–Crippen LogP) is 1.19. The molecule has 72 valence electrons. The number of carbonyl (C=O) groups excluding carboxylic acids is 1. The summed E-state index contributed by atoms with van der Waals surface area (Å²) in [5, 5.41) is 16.9. The van der Waals surface area contributed by atoms with Gasteiger partial charge in [-0.05, 0) is 19.8 Å². The van der Waals surface area contributed by atoms with Crippen LogP contribution in [-0.4, -0.2) is 22.4 Å². The molecule has 0 aliphatic rings. The lowest BCUT2D eigenvalue weighted by Gasteiger charge is -2.07. The minimum atomic E-state index is -0.611. The topological polar surface area (TPSA) is 66.8 Å². The molecule has 0 aromatic heterocycles. The fourth-order valence-electron chi connectivity index (χ4n) is 0.927. The molecule has 0 heterocycles. The zero-order valence-corrected chi connectivity index (χ0v) is 7.49. The Balaban J connectivity index is 3.43. The molecule has 0 saturated heterocycles. The molecule has 0 aromatic rings. The molecule has 0 saturated carbocycles. The molecule has 4 nitrogen and oxygen atoms in total. The largest absolute Gasteiger partial charge is 0.393 e. The second kappa shape index (κ2) is 5.97. The van der Waals surface area contributed by atoms with Gasteiger partial charge in [0.2, 0.25) is 0 Å². The molecular formula is C8H16O4. The molecule has 0 fully saturated rings. The van der Waals surface area contributed by atoms with E-state index in [1.54, 1.807) is 13.8 Å². The Bertz CT molecular complexity index is 133. The minimum absolute atomic E-state index is 0.297. The Hall–Kier alpha value is -0.610. The molecule has 2 atom stereocenters. The molecule has 0 amide bonds. The first-order valence-corrected chi connectivity index (χ1v) is 4.11. The Kier molecular flexibility index (Phi) is 5.66. The van der Waals surface area contributed by atoms with Crippen LogP contribution in [0.15, 0.2) is 0 Å². The average molecular weight is 176 g/mol. The zero-order chi connectivity index (χ0) is 9.56. The van der Waals surface area contributed by atoms with Crippen molar-refractivity contribution in [1.29, 1.82) is 0 Å². The number of aliphatic hydroxyl groups excluding tert-OH is 1. The van der Waals surface area contributed by atoms with E-state index in [4.69, 9.17) is 10.4 Å². The lowest BCUT2D eigenvalue weighted by Crippen LogP contribution is -2.13. The van der Waals surface area contributed by atoms with Crippen molar-refractivity contribution in [1.82, 2.24) is 0 Å². The summed E-state index contributed by atoms with van der Waals surface area (Å²) < 4.78 is 0. The Labute approximate surface area is 72.1 Å². The molecule has 0 rings (SSSR count). The molecule has 12 heavy (non-hydrogen) atoms. The number of hydrogen-bond acceptors (Lipinski definition) is 4. The van der Waals surface area contributed by atoms with Crippen LogP contribution in [0.5, 0.6) is 0 Å². The lowest BCUT2D eigenvalue weighted by molar-refractivity contribution is -0.238. The summed E-state index contributed by atoms with van der Waals surface area (Å²) in [6, 6.07) is 0. The van der Waals surface area contributed by atoms with E-state index >= 15 is 0 Å². The van der Waals surface area contributed by atoms with Crippen LogP contribution in [0.4, 0.5) is 0 Å². The third-order valence-corrected chi connectivity index (χ3v) is 1.75. The van der Waals surface area contributed by atoms with Crippen molar-refractivity contribution in [2.24, 2.45) is 5.92 Å². The highest BCUT2D eigenvalue weighted by atomic mass is 17.1. The van der Waals surface area contributed by atoms with E-state index in [2.05, 4.69) is 4.89 Å². The van der Waals surface area contributed by atoms with E-state index in [1.807, 2.05) is 0 Å². The fraction of sp³-hybridized carbons (Fsp3) is 0.875. The monoisotopic (exact) mass is 176 g/mol. The van der Waals surface area contributed by atoms with Gasteiger partial charge in [0.1, 0.15) is 0 Å². The van der Waals surface area contributed by atoms with Crippen LogP contribution in [-0.2, 0) is 9.68 Å². The summed E-state index contributed by atoms with van der Waals surface area (Å²) >= 11 is 0. The number of aliphatic hydroxyl groups is 1. The van der Waals surface area contributed by atoms with Crippen molar-refractivity contribution in [3.63, 3.8) is 0 Å². The molecule has 0 aliphatic carbocycles. The van der Waals surface area contributed by atoms with E-state index in [9.17, 15) is 4.79 Å². The highest BCUT2D eigenvalue weighted by molar-refractivity contribution is 5.71. The maximum atomic E-state index is 10.7.